The number of aliphatic hydroxyl groups is 1. The Hall–Kier alpha value is -1.43. The molecule has 1 spiro atoms. The molecule has 1 heterocycles. The highest BCUT2D eigenvalue weighted by atomic mass is 16.4. The summed E-state index contributed by atoms with van der Waals surface area (Å²) in [6.07, 6.45) is 2.48. The van der Waals surface area contributed by atoms with Gasteiger partial charge in [-0.1, -0.05) is 30.7 Å². The lowest BCUT2D eigenvalue weighted by Gasteiger charge is -2.47. The van der Waals surface area contributed by atoms with Gasteiger partial charge in [0, 0.05) is 25.2 Å². The molecule has 1 atom stereocenters. The topological polar surface area (TPSA) is 86.8 Å². The lowest BCUT2D eigenvalue weighted by Crippen LogP contribution is -2.56. The smallest absolute Gasteiger partial charge is 0.323 e. The van der Waals surface area contributed by atoms with Crippen molar-refractivity contribution in [1.82, 2.24) is 4.90 Å². The number of carboxylic acid groups (broad SMARTS) is 1. The number of aliphatic carboxylic acids is 1. The van der Waals surface area contributed by atoms with Crippen LogP contribution in [0.3, 0.4) is 0 Å². The van der Waals surface area contributed by atoms with E-state index in [4.69, 9.17) is 5.73 Å². The Morgan fingerprint density at radius 3 is 2.58 bits per heavy atom. The average Bonchev–Trinajstić information content (AvgIpc) is 2.83. The number of hydrogen-bond acceptors (Lipinski definition) is 4. The molecule has 3 rings (SSSR count). The summed E-state index contributed by atoms with van der Waals surface area (Å²) < 4.78 is 0. The van der Waals surface area contributed by atoms with Crippen LogP contribution in [0.5, 0.6) is 0 Å². The summed E-state index contributed by atoms with van der Waals surface area (Å²) in [5.41, 5.74) is 8.78. The maximum Gasteiger partial charge on any atom is 0.323 e. The lowest BCUT2D eigenvalue weighted by atomic mass is 9.69. The van der Waals surface area contributed by atoms with Gasteiger partial charge < -0.3 is 15.9 Å². The molecule has 24 heavy (non-hydrogen) atoms. The molecule has 0 unspecified atom stereocenters. The van der Waals surface area contributed by atoms with E-state index in [-0.39, 0.29) is 18.1 Å². The van der Waals surface area contributed by atoms with Crippen molar-refractivity contribution in [2.45, 2.75) is 57.2 Å². The van der Waals surface area contributed by atoms with Gasteiger partial charge in [0.05, 0.1) is 0 Å². The molecule has 1 aromatic rings. The van der Waals surface area contributed by atoms with E-state index in [1.54, 1.807) is 0 Å². The van der Waals surface area contributed by atoms with Crippen molar-refractivity contribution in [2.24, 2.45) is 11.7 Å². The Morgan fingerprint density at radius 1 is 1.33 bits per heavy atom. The van der Waals surface area contributed by atoms with E-state index in [0.717, 1.165) is 25.9 Å². The lowest BCUT2D eigenvalue weighted by molar-refractivity contribution is -0.146. The number of rotatable bonds is 4. The molecule has 5 heteroatoms. The summed E-state index contributed by atoms with van der Waals surface area (Å²) in [6.45, 7) is 6.00. The van der Waals surface area contributed by atoms with Crippen molar-refractivity contribution in [3.05, 3.63) is 34.9 Å². The van der Waals surface area contributed by atoms with Crippen LogP contribution in [-0.2, 0) is 16.9 Å². The van der Waals surface area contributed by atoms with E-state index < -0.39 is 11.5 Å². The first kappa shape index (κ1) is 17.4. The molecule has 1 aliphatic carbocycles. The molecule has 1 saturated carbocycles. The Kier molecular flexibility index (Phi) is 4.45. The summed E-state index contributed by atoms with van der Waals surface area (Å²) >= 11 is 0. The molecule has 4 N–H and O–H groups in total. The zero-order chi connectivity index (χ0) is 17.5. The third-order valence-corrected chi connectivity index (χ3v) is 5.97. The highest BCUT2D eigenvalue weighted by Crippen LogP contribution is 2.50. The van der Waals surface area contributed by atoms with Gasteiger partial charge in [-0.25, -0.2) is 0 Å². The molecule has 132 valence electrons. The van der Waals surface area contributed by atoms with E-state index in [1.165, 1.54) is 16.7 Å². The van der Waals surface area contributed by atoms with Gasteiger partial charge in [0.2, 0.25) is 0 Å². The van der Waals surface area contributed by atoms with E-state index in [0.29, 0.717) is 12.8 Å². The van der Waals surface area contributed by atoms with Crippen molar-refractivity contribution < 1.29 is 15.0 Å². The van der Waals surface area contributed by atoms with Crippen molar-refractivity contribution in [3.8, 4) is 0 Å². The number of nitrogens with two attached hydrogens (primary N) is 1. The number of aliphatic hydroxyl groups excluding tert-OH is 1. The first-order valence-corrected chi connectivity index (χ1v) is 8.79. The monoisotopic (exact) mass is 332 g/mol. The van der Waals surface area contributed by atoms with Crippen LogP contribution in [0.25, 0.3) is 0 Å². The second kappa shape index (κ2) is 6.14. The van der Waals surface area contributed by atoms with E-state index >= 15 is 0 Å². The number of aryl methyl sites for hydroxylation is 1. The molecule has 0 saturated heterocycles. The Bertz CT molecular complexity index is 635. The van der Waals surface area contributed by atoms with Crippen molar-refractivity contribution in [3.63, 3.8) is 0 Å². The fraction of sp³-hybridized carbons (Fsp3) is 0.632. The normalized spacial score (nSPS) is 31.2. The second-order valence-corrected chi connectivity index (χ2v) is 7.82. The quantitative estimate of drug-likeness (QED) is 0.785. The molecule has 1 aliphatic heterocycles. The largest absolute Gasteiger partial charge is 0.480 e. The highest BCUT2D eigenvalue weighted by molar-refractivity contribution is 5.78. The summed E-state index contributed by atoms with van der Waals surface area (Å²) in [5, 5.41) is 18.9. The first-order chi connectivity index (χ1) is 11.3. The van der Waals surface area contributed by atoms with Crippen LogP contribution in [0, 0.1) is 12.8 Å². The molecular weight excluding hydrogens is 304 g/mol. The SMILES string of the molecule is Cc1ccc2c(c1)CN(C[C@@H](C)CO)C21CCC(N)(C(=O)O)CC1. The molecule has 2 aliphatic rings. The van der Waals surface area contributed by atoms with Gasteiger partial charge >= 0.3 is 5.97 Å². The molecule has 0 radical (unpaired) electrons. The highest BCUT2D eigenvalue weighted by Gasteiger charge is 2.51. The summed E-state index contributed by atoms with van der Waals surface area (Å²) in [7, 11) is 0. The Labute approximate surface area is 143 Å². The fourth-order valence-electron chi connectivity index (χ4n) is 4.42. The number of carbonyl (C=O) groups is 1. The maximum absolute atomic E-state index is 11.5. The van der Waals surface area contributed by atoms with Gasteiger partial charge in [0.15, 0.2) is 0 Å². The molecule has 1 fully saturated rings. The average molecular weight is 332 g/mol. The molecule has 5 nitrogen and oxygen atoms in total. The minimum Gasteiger partial charge on any atom is -0.480 e. The van der Waals surface area contributed by atoms with Gasteiger partial charge in [0.1, 0.15) is 5.54 Å². The van der Waals surface area contributed by atoms with E-state index in [1.807, 2.05) is 0 Å². The summed E-state index contributed by atoms with van der Waals surface area (Å²) in [4.78, 5) is 13.9. The van der Waals surface area contributed by atoms with Crippen LogP contribution in [0.15, 0.2) is 18.2 Å². The Balaban J connectivity index is 1.94. The van der Waals surface area contributed by atoms with E-state index in [9.17, 15) is 15.0 Å². The molecule has 1 aromatic carbocycles. The third kappa shape index (κ3) is 2.75. The van der Waals surface area contributed by atoms with Crippen LogP contribution in [0.2, 0.25) is 0 Å². The zero-order valence-corrected chi connectivity index (χ0v) is 14.6. The molecular formula is C19H28N2O3. The van der Waals surface area contributed by atoms with Gasteiger partial charge in [0.25, 0.3) is 0 Å². The second-order valence-electron chi connectivity index (χ2n) is 7.82. The predicted octanol–water partition coefficient (Wildman–Crippen LogP) is 1.99. The number of nitrogens with zero attached hydrogens (tertiary/aromatic N) is 1. The fourth-order valence-corrected chi connectivity index (χ4v) is 4.42. The van der Waals surface area contributed by atoms with Crippen LogP contribution in [-0.4, -0.2) is 39.8 Å². The molecule has 0 bridgehead atoms. The van der Waals surface area contributed by atoms with Crippen LogP contribution in [0.1, 0.15) is 49.3 Å². The third-order valence-electron chi connectivity index (χ3n) is 5.97. The molecule has 0 amide bonds. The van der Waals surface area contributed by atoms with Crippen molar-refractivity contribution >= 4 is 5.97 Å². The van der Waals surface area contributed by atoms with Gasteiger partial charge in [-0.05, 0) is 49.7 Å². The number of hydrogen-bond donors (Lipinski definition) is 3. The van der Waals surface area contributed by atoms with Crippen molar-refractivity contribution in [1.29, 1.82) is 0 Å². The van der Waals surface area contributed by atoms with Crippen LogP contribution < -0.4 is 5.73 Å². The van der Waals surface area contributed by atoms with E-state index in [2.05, 4.69) is 36.9 Å². The van der Waals surface area contributed by atoms with Gasteiger partial charge in [-0.15, -0.1) is 0 Å². The number of benzene rings is 1. The maximum atomic E-state index is 11.5. The van der Waals surface area contributed by atoms with Gasteiger partial charge in [-0.2, -0.15) is 0 Å². The Morgan fingerprint density at radius 2 is 2.00 bits per heavy atom. The zero-order valence-electron chi connectivity index (χ0n) is 14.6. The van der Waals surface area contributed by atoms with Crippen LogP contribution >= 0.6 is 0 Å². The predicted molar refractivity (Wildman–Crippen MR) is 92.5 cm³/mol. The standard InChI is InChI=1S/C19H28N2O3/c1-13-3-4-16-15(9-13)11-21(10-14(2)12-22)19(16)7-5-18(20,6-8-19)17(23)24/h3-4,9,14,22H,5-8,10-12,20H2,1-2H3,(H,23,24)/t14-,18?,19?/m1/s1. The first-order valence-electron chi connectivity index (χ1n) is 8.79. The minimum absolute atomic E-state index is 0.134. The van der Waals surface area contributed by atoms with Crippen molar-refractivity contribution in [2.75, 3.05) is 13.2 Å². The number of carboxylic acids is 1. The van der Waals surface area contributed by atoms with Crippen LogP contribution in [0.4, 0.5) is 0 Å². The summed E-state index contributed by atoms with van der Waals surface area (Å²) in [6, 6.07) is 6.59. The summed E-state index contributed by atoms with van der Waals surface area (Å²) in [5.74, 6) is -0.698. The minimum atomic E-state index is -1.10. The number of fused-ring (bicyclic) bond motifs is 2. The van der Waals surface area contributed by atoms with Gasteiger partial charge in [-0.3, -0.25) is 9.69 Å². The molecule has 0 aromatic heterocycles.